The standard InChI is InChI=1S/C22H29FO5/c1-11-6-14-13-8-16(23)15-7-12(25)4-5-20(15,2)19(13)17(26)9-21(14,3)22(11,28)18(27)10-24/h4-5,7,11,13-14,16-17,19,24,26,28H,6,8-10H2,1-3H3/t11-,13-,14-,16+,17+,19+,20-,21-,22+/m0/s1. The Morgan fingerprint density at radius 1 is 1.32 bits per heavy atom. The van der Waals surface area contributed by atoms with Crippen LogP contribution in [0.2, 0.25) is 0 Å². The van der Waals surface area contributed by atoms with Crippen molar-refractivity contribution >= 4 is 11.6 Å². The van der Waals surface area contributed by atoms with Gasteiger partial charge < -0.3 is 15.3 Å². The van der Waals surface area contributed by atoms with Crippen LogP contribution in [0.25, 0.3) is 0 Å². The van der Waals surface area contributed by atoms with E-state index in [1.807, 2.05) is 6.92 Å². The van der Waals surface area contributed by atoms with Gasteiger partial charge in [0.25, 0.3) is 0 Å². The minimum absolute atomic E-state index is 0.154. The van der Waals surface area contributed by atoms with Gasteiger partial charge in [-0.3, -0.25) is 9.59 Å². The molecule has 0 aliphatic heterocycles. The lowest BCUT2D eigenvalue weighted by Crippen LogP contribution is -2.63. The maximum atomic E-state index is 15.2. The number of ketones is 2. The molecular formula is C22H29FO5. The number of carbonyl (C=O) groups excluding carboxylic acids is 2. The van der Waals surface area contributed by atoms with Crippen LogP contribution in [0.5, 0.6) is 0 Å². The summed E-state index contributed by atoms with van der Waals surface area (Å²) in [6, 6.07) is 0. The molecule has 4 aliphatic carbocycles. The summed E-state index contributed by atoms with van der Waals surface area (Å²) in [6.45, 7) is 4.71. The molecule has 154 valence electrons. The molecule has 5 nitrogen and oxygen atoms in total. The summed E-state index contributed by atoms with van der Waals surface area (Å²) in [5.41, 5.74) is -3.00. The average molecular weight is 392 g/mol. The van der Waals surface area contributed by atoms with Gasteiger partial charge in [-0.2, -0.15) is 0 Å². The summed E-state index contributed by atoms with van der Waals surface area (Å²) < 4.78 is 15.2. The van der Waals surface area contributed by atoms with Gasteiger partial charge in [0.2, 0.25) is 0 Å². The van der Waals surface area contributed by atoms with Crippen molar-refractivity contribution in [2.24, 2.45) is 34.5 Å². The molecule has 9 atom stereocenters. The lowest BCUT2D eigenvalue weighted by Gasteiger charge is -2.60. The summed E-state index contributed by atoms with van der Waals surface area (Å²) in [4.78, 5) is 24.4. The first-order chi connectivity index (χ1) is 13.0. The molecule has 3 saturated carbocycles. The number of fused-ring (bicyclic) bond motifs is 5. The van der Waals surface area contributed by atoms with E-state index in [-0.39, 0.29) is 42.3 Å². The maximum absolute atomic E-state index is 15.2. The number of halogens is 1. The number of alkyl halides is 1. The first-order valence-electron chi connectivity index (χ1n) is 10.1. The lowest BCUT2D eigenvalue weighted by atomic mass is 9.46. The first kappa shape index (κ1) is 19.9. The van der Waals surface area contributed by atoms with Crippen molar-refractivity contribution in [2.45, 2.75) is 57.9 Å². The highest BCUT2D eigenvalue weighted by molar-refractivity contribution is 6.01. The number of aliphatic hydroxyl groups is 3. The molecule has 0 saturated heterocycles. The van der Waals surface area contributed by atoms with Gasteiger partial charge in [0.15, 0.2) is 11.6 Å². The largest absolute Gasteiger partial charge is 0.393 e. The highest BCUT2D eigenvalue weighted by atomic mass is 19.1. The van der Waals surface area contributed by atoms with Gasteiger partial charge in [0.05, 0.1) is 6.10 Å². The summed E-state index contributed by atoms with van der Waals surface area (Å²) in [5, 5.41) is 32.1. The quantitative estimate of drug-likeness (QED) is 0.666. The molecule has 3 fully saturated rings. The van der Waals surface area contributed by atoms with E-state index < -0.39 is 41.1 Å². The topological polar surface area (TPSA) is 94.8 Å². The molecular weight excluding hydrogens is 363 g/mol. The smallest absolute Gasteiger partial charge is 0.190 e. The first-order valence-corrected chi connectivity index (χ1v) is 10.1. The average Bonchev–Trinajstić information content (AvgIpc) is 2.83. The number of Topliss-reactive ketones (excluding diaryl/α,β-unsaturated/α-hetero) is 1. The number of allylic oxidation sites excluding steroid dienone is 4. The summed E-state index contributed by atoms with van der Waals surface area (Å²) in [7, 11) is 0. The summed E-state index contributed by atoms with van der Waals surface area (Å²) in [6.07, 6.45) is 3.29. The predicted molar refractivity (Wildman–Crippen MR) is 99.9 cm³/mol. The fourth-order valence-corrected chi connectivity index (χ4v) is 7.38. The monoisotopic (exact) mass is 392 g/mol. The van der Waals surface area contributed by atoms with Gasteiger partial charge in [0, 0.05) is 16.7 Å². The Bertz CT molecular complexity index is 790. The second-order valence-electron chi connectivity index (χ2n) is 9.79. The Morgan fingerprint density at radius 3 is 2.64 bits per heavy atom. The van der Waals surface area contributed by atoms with E-state index in [1.54, 1.807) is 19.9 Å². The Morgan fingerprint density at radius 2 is 2.00 bits per heavy atom. The minimum Gasteiger partial charge on any atom is -0.393 e. The molecule has 0 aromatic carbocycles. The van der Waals surface area contributed by atoms with Crippen LogP contribution in [0.15, 0.2) is 23.8 Å². The molecule has 0 amide bonds. The molecule has 0 bridgehead atoms. The van der Waals surface area contributed by atoms with Crippen LogP contribution in [0, 0.1) is 34.5 Å². The molecule has 0 radical (unpaired) electrons. The van der Waals surface area contributed by atoms with Crippen molar-refractivity contribution in [1.82, 2.24) is 0 Å². The van der Waals surface area contributed by atoms with E-state index in [4.69, 9.17) is 0 Å². The lowest BCUT2D eigenvalue weighted by molar-refractivity contribution is -0.185. The molecule has 28 heavy (non-hydrogen) atoms. The van der Waals surface area contributed by atoms with Gasteiger partial charge in [-0.1, -0.05) is 26.8 Å². The number of hydrogen-bond donors (Lipinski definition) is 3. The Kier molecular flexibility index (Phi) is 4.32. The van der Waals surface area contributed by atoms with Crippen molar-refractivity contribution in [3.8, 4) is 0 Å². The van der Waals surface area contributed by atoms with E-state index in [2.05, 4.69) is 0 Å². The summed E-state index contributed by atoms with van der Waals surface area (Å²) >= 11 is 0. The van der Waals surface area contributed by atoms with E-state index in [0.29, 0.717) is 12.0 Å². The van der Waals surface area contributed by atoms with Crippen LogP contribution in [0.3, 0.4) is 0 Å². The van der Waals surface area contributed by atoms with E-state index in [1.165, 1.54) is 12.2 Å². The second kappa shape index (κ2) is 6.07. The molecule has 4 rings (SSSR count). The molecule has 4 aliphatic rings. The van der Waals surface area contributed by atoms with Crippen molar-refractivity contribution in [3.63, 3.8) is 0 Å². The Balaban J connectivity index is 1.81. The zero-order valence-corrected chi connectivity index (χ0v) is 16.6. The van der Waals surface area contributed by atoms with Crippen LogP contribution < -0.4 is 0 Å². The third kappa shape index (κ3) is 2.22. The highest BCUT2D eigenvalue weighted by Crippen LogP contribution is 2.68. The fourth-order valence-electron chi connectivity index (χ4n) is 7.38. The number of aliphatic hydroxyl groups excluding tert-OH is 2. The highest BCUT2D eigenvalue weighted by Gasteiger charge is 2.71. The third-order valence-electron chi connectivity index (χ3n) is 8.63. The van der Waals surface area contributed by atoms with Crippen LogP contribution >= 0.6 is 0 Å². The van der Waals surface area contributed by atoms with Crippen LogP contribution in [-0.2, 0) is 9.59 Å². The fraction of sp³-hybridized carbons (Fsp3) is 0.727. The van der Waals surface area contributed by atoms with Crippen LogP contribution in [0.1, 0.15) is 40.0 Å². The zero-order chi connectivity index (χ0) is 20.6. The van der Waals surface area contributed by atoms with Gasteiger partial charge >= 0.3 is 0 Å². The van der Waals surface area contributed by atoms with Crippen molar-refractivity contribution in [2.75, 3.05) is 6.61 Å². The molecule has 6 heteroatoms. The van der Waals surface area contributed by atoms with E-state index in [0.717, 1.165) is 0 Å². The molecule has 0 heterocycles. The van der Waals surface area contributed by atoms with Gasteiger partial charge in [0.1, 0.15) is 18.4 Å². The second-order valence-corrected chi connectivity index (χ2v) is 9.79. The molecule has 3 N–H and O–H groups in total. The zero-order valence-electron chi connectivity index (χ0n) is 16.6. The molecule has 0 aromatic rings. The van der Waals surface area contributed by atoms with Gasteiger partial charge in [-0.15, -0.1) is 0 Å². The van der Waals surface area contributed by atoms with Crippen LogP contribution in [0.4, 0.5) is 4.39 Å². The molecule has 0 unspecified atom stereocenters. The predicted octanol–water partition coefficient (Wildman–Crippen LogP) is 1.75. The van der Waals surface area contributed by atoms with Crippen molar-refractivity contribution < 1.29 is 29.3 Å². The third-order valence-corrected chi connectivity index (χ3v) is 8.63. The Hall–Kier alpha value is -1.37. The molecule has 0 spiro atoms. The van der Waals surface area contributed by atoms with E-state index >= 15 is 4.39 Å². The summed E-state index contributed by atoms with van der Waals surface area (Å²) in [5.74, 6) is -1.92. The SMILES string of the molecule is C[C@H]1C[C@H]2[C@@H]3C[C@@H](F)C4=CC(=O)C=C[C@]4(C)[C@H]3[C@H](O)C[C@]2(C)[C@]1(O)C(=O)CO. The number of rotatable bonds is 2. The number of carbonyl (C=O) groups is 2. The maximum Gasteiger partial charge on any atom is 0.190 e. The van der Waals surface area contributed by atoms with Crippen molar-refractivity contribution in [1.29, 1.82) is 0 Å². The normalized spacial score (nSPS) is 52.5. The van der Waals surface area contributed by atoms with Gasteiger partial charge in [-0.25, -0.2) is 4.39 Å². The van der Waals surface area contributed by atoms with Gasteiger partial charge in [-0.05, 0) is 54.7 Å². The van der Waals surface area contributed by atoms with Crippen LogP contribution in [-0.4, -0.2) is 51.4 Å². The molecule has 0 aromatic heterocycles. The van der Waals surface area contributed by atoms with E-state index in [9.17, 15) is 24.9 Å². The Labute approximate surface area is 164 Å². The van der Waals surface area contributed by atoms with Crippen molar-refractivity contribution in [3.05, 3.63) is 23.8 Å². The number of hydrogen-bond acceptors (Lipinski definition) is 5. The minimum atomic E-state index is -1.74.